The Morgan fingerprint density at radius 1 is 0.289 bits per heavy atom. The van der Waals surface area contributed by atoms with Crippen LogP contribution in [-0.4, -0.2) is 29.1 Å². The van der Waals surface area contributed by atoms with Gasteiger partial charge < -0.3 is 9.80 Å². The molecule has 0 N–H and O–H groups in total. The van der Waals surface area contributed by atoms with Crippen LogP contribution in [0, 0.1) is 0 Å². The zero-order valence-electron chi connectivity index (χ0n) is 31.8. The second-order valence-electron chi connectivity index (χ2n) is 15.0. The van der Waals surface area contributed by atoms with Crippen LogP contribution < -0.4 is 0 Å². The lowest BCUT2D eigenvalue weighted by molar-refractivity contribution is 0.135. The van der Waals surface area contributed by atoms with Gasteiger partial charge in [0.05, 0.1) is 0 Å². The molecule has 0 amide bonds. The molecule has 0 bridgehead atoms. The summed E-state index contributed by atoms with van der Waals surface area (Å²) in [7, 11) is 0. The van der Waals surface area contributed by atoms with Gasteiger partial charge in [0.1, 0.15) is 6.17 Å². The first-order valence-corrected chi connectivity index (χ1v) is 21.5. The van der Waals surface area contributed by atoms with Crippen molar-refractivity contribution >= 4 is 0 Å². The zero-order valence-corrected chi connectivity index (χ0v) is 31.8. The molecule has 0 aliphatic carbocycles. The van der Waals surface area contributed by atoms with E-state index in [1.807, 2.05) is 0 Å². The molecule has 2 heteroatoms. The lowest BCUT2D eigenvalue weighted by Crippen LogP contribution is -2.39. The molecule has 0 fully saturated rings. The van der Waals surface area contributed by atoms with Crippen molar-refractivity contribution in [3.8, 4) is 0 Å². The summed E-state index contributed by atoms with van der Waals surface area (Å²) in [5, 5.41) is 0. The van der Waals surface area contributed by atoms with E-state index in [1.54, 1.807) is 0 Å². The Labute approximate surface area is 286 Å². The Kier molecular flexibility index (Phi) is 32.6. The van der Waals surface area contributed by atoms with Crippen molar-refractivity contribution in [2.24, 2.45) is 0 Å². The highest BCUT2D eigenvalue weighted by Gasteiger charge is 2.24. The summed E-state index contributed by atoms with van der Waals surface area (Å²) in [6, 6.07) is 0. The Balaban J connectivity index is 2.22. The van der Waals surface area contributed by atoms with Crippen LogP contribution in [0.5, 0.6) is 0 Å². The molecule has 0 unspecified atom stereocenters. The van der Waals surface area contributed by atoms with Gasteiger partial charge in [-0.2, -0.15) is 0 Å². The third-order valence-corrected chi connectivity index (χ3v) is 10.6. The summed E-state index contributed by atoms with van der Waals surface area (Å²) in [5.41, 5.74) is 0. The summed E-state index contributed by atoms with van der Waals surface area (Å²) < 4.78 is 0. The van der Waals surface area contributed by atoms with Gasteiger partial charge in [-0.15, -0.1) is 0 Å². The minimum atomic E-state index is 0.638. The third kappa shape index (κ3) is 27.0. The molecule has 0 saturated carbocycles. The maximum atomic E-state index is 2.73. The SMILES string of the molecule is CCCCCCCCCCCCCCN1C=CN(CCCCCCCCCCCCCC)C1CCCCCCCCCCCC. The summed E-state index contributed by atoms with van der Waals surface area (Å²) in [5.74, 6) is 0. The second-order valence-corrected chi connectivity index (χ2v) is 15.0. The van der Waals surface area contributed by atoms with Crippen molar-refractivity contribution in [1.82, 2.24) is 9.80 Å². The minimum absolute atomic E-state index is 0.638. The summed E-state index contributed by atoms with van der Waals surface area (Å²) >= 11 is 0. The van der Waals surface area contributed by atoms with Crippen LogP contribution in [0.1, 0.15) is 245 Å². The third-order valence-electron chi connectivity index (χ3n) is 10.6. The fourth-order valence-electron chi connectivity index (χ4n) is 7.42. The van der Waals surface area contributed by atoms with Gasteiger partial charge in [0, 0.05) is 25.5 Å². The number of hydrogen-bond acceptors (Lipinski definition) is 2. The molecule has 0 aromatic carbocycles. The molecule has 1 aliphatic rings. The molecule has 0 aromatic rings. The van der Waals surface area contributed by atoms with Gasteiger partial charge in [-0.3, -0.25) is 0 Å². The lowest BCUT2D eigenvalue weighted by Gasteiger charge is -2.33. The van der Waals surface area contributed by atoms with Crippen molar-refractivity contribution in [1.29, 1.82) is 0 Å². The summed E-state index contributed by atoms with van der Waals surface area (Å²) in [6.45, 7) is 9.49. The van der Waals surface area contributed by atoms with Crippen molar-refractivity contribution in [2.45, 2.75) is 252 Å². The predicted octanol–water partition coefficient (Wildman–Crippen LogP) is 15.1. The molecule has 2 nitrogen and oxygen atoms in total. The van der Waals surface area contributed by atoms with Gasteiger partial charge in [0.2, 0.25) is 0 Å². The van der Waals surface area contributed by atoms with Crippen LogP contribution >= 0.6 is 0 Å². The maximum Gasteiger partial charge on any atom is 0.101 e. The highest BCUT2D eigenvalue weighted by Crippen LogP contribution is 2.24. The zero-order chi connectivity index (χ0) is 32.3. The Morgan fingerprint density at radius 3 is 0.778 bits per heavy atom. The summed E-state index contributed by atoms with van der Waals surface area (Å²) in [6.07, 6.45) is 55.9. The van der Waals surface area contributed by atoms with Gasteiger partial charge in [0.25, 0.3) is 0 Å². The topological polar surface area (TPSA) is 6.48 Å². The molecule has 0 aromatic heterocycles. The van der Waals surface area contributed by atoms with Crippen molar-refractivity contribution in [3.63, 3.8) is 0 Å². The van der Waals surface area contributed by atoms with E-state index in [2.05, 4.69) is 43.0 Å². The summed E-state index contributed by atoms with van der Waals surface area (Å²) in [4.78, 5) is 5.45. The molecular formula is C43H86N2. The molecule has 45 heavy (non-hydrogen) atoms. The van der Waals surface area contributed by atoms with E-state index < -0.39 is 0 Å². The van der Waals surface area contributed by atoms with Gasteiger partial charge >= 0.3 is 0 Å². The van der Waals surface area contributed by atoms with E-state index >= 15 is 0 Å². The molecule has 1 heterocycles. The van der Waals surface area contributed by atoms with Gasteiger partial charge in [0.15, 0.2) is 0 Å². The van der Waals surface area contributed by atoms with E-state index in [1.165, 1.54) is 238 Å². The van der Waals surface area contributed by atoms with E-state index in [9.17, 15) is 0 Å². The number of nitrogens with zero attached hydrogens (tertiary/aromatic N) is 2. The number of rotatable bonds is 37. The van der Waals surface area contributed by atoms with Crippen LogP contribution in [0.25, 0.3) is 0 Å². The predicted molar refractivity (Wildman–Crippen MR) is 205 cm³/mol. The average Bonchev–Trinajstić information content (AvgIpc) is 3.43. The molecule has 0 radical (unpaired) electrons. The van der Waals surface area contributed by atoms with Crippen molar-refractivity contribution in [3.05, 3.63) is 12.4 Å². The quantitative estimate of drug-likeness (QED) is 0.0630. The van der Waals surface area contributed by atoms with Crippen LogP contribution in [0.3, 0.4) is 0 Å². The standard InChI is InChI=1S/C43H86N2/c1-4-7-10-13-16-19-22-24-27-30-33-36-39-44-41-42-45(40-37-34-31-28-25-23-20-17-14-11-8-5-2)43(44)38-35-32-29-26-21-18-15-12-9-6-3/h41-43H,4-40H2,1-3H3. The highest BCUT2D eigenvalue weighted by atomic mass is 15.4. The monoisotopic (exact) mass is 631 g/mol. The molecule has 1 rings (SSSR count). The first kappa shape index (κ1) is 42.4. The average molecular weight is 631 g/mol. The van der Waals surface area contributed by atoms with E-state index in [-0.39, 0.29) is 0 Å². The molecule has 0 saturated heterocycles. The fourth-order valence-corrected chi connectivity index (χ4v) is 7.42. The molecule has 1 aliphatic heterocycles. The smallest absolute Gasteiger partial charge is 0.101 e. The first-order chi connectivity index (χ1) is 22.3. The van der Waals surface area contributed by atoms with E-state index in [0.29, 0.717) is 6.17 Å². The minimum Gasteiger partial charge on any atom is -0.356 e. The van der Waals surface area contributed by atoms with Crippen LogP contribution in [0.15, 0.2) is 12.4 Å². The normalized spacial score (nSPS) is 13.6. The molecular weight excluding hydrogens is 544 g/mol. The molecule has 0 atom stereocenters. The Bertz CT molecular complexity index is 548. The van der Waals surface area contributed by atoms with Crippen molar-refractivity contribution in [2.75, 3.05) is 13.1 Å². The van der Waals surface area contributed by atoms with Gasteiger partial charge in [-0.1, -0.05) is 220 Å². The van der Waals surface area contributed by atoms with Crippen molar-refractivity contribution < 1.29 is 0 Å². The van der Waals surface area contributed by atoms with Gasteiger partial charge in [-0.05, 0) is 25.7 Å². The Hall–Kier alpha value is -0.660. The largest absolute Gasteiger partial charge is 0.356 e. The molecule has 0 spiro atoms. The maximum absolute atomic E-state index is 2.73. The second kappa shape index (κ2) is 34.7. The van der Waals surface area contributed by atoms with Gasteiger partial charge in [-0.25, -0.2) is 0 Å². The fraction of sp³-hybridized carbons (Fsp3) is 0.953. The highest BCUT2D eigenvalue weighted by molar-refractivity contribution is 4.97. The van der Waals surface area contributed by atoms with E-state index in [0.717, 1.165) is 0 Å². The molecule has 268 valence electrons. The lowest BCUT2D eigenvalue weighted by atomic mass is 10.0. The Morgan fingerprint density at radius 2 is 0.511 bits per heavy atom. The number of unbranched alkanes of at least 4 members (excludes halogenated alkanes) is 31. The van der Waals surface area contributed by atoms with E-state index in [4.69, 9.17) is 0 Å². The number of hydrogen-bond donors (Lipinski definition) is 0. The van der Waals surface area contributed by atoms with Crippen LogP contribution in [-0.2, 0) is 0 Å². The van der Waals surface area contributed by atoms with Crippen LogP contribution in [0.4, 0.5) is 0 Å². The first-order valence-electron chi connectivity index (χ1n) is 21.5. The van der Waals surface area contributed by atoms with Crippen LogP contribution in [0.2, 0.25) is 0 Å².